The van der Waals surface area contributed by atoms with Crippen molar-refractivity contribution in [1.29, 1.82) is 0 Å². The summed E-state index contributed by atoms with van der Waals surface area (Å²) < 4.78 is 0. The number of amides is 3. The van der Waals surface area contributed by atoms with Crippen LogP contribution in [-0.2, 0) is 14.4 Å². The van der Waals surface area contributed by atoms with E-state index in [0.717, 1.165) is 36.1 Å². The molecule has 2 aliphatic rings. The summed E-state index contributed by atoms with van der Waals surface area (Å²) in [5.41, 5.74) is 0.801. The van der Waals surface area contributed by atoms with Crippen molar-refractivity contribution in [1.82, 2.24) is 10.2 Å². The highest BCUT2D eigenvalue weighted by Crippen LogP contribution is 2.37. The van der Waals surface area contributed by atoms with E-state index in [1.54, 1.807) is 18.2 Å². The van der Waals surface area contributed by atoms with Crippen LogP contribution in [0.15, 0.2) is 18.2 Å². The topological polar surface area (TPSA) is 66.5 Å². The minimum Gasteiger partial charge on any atom is -0.348 e. The Labute approximate surface area is 156 Å². The second-order valence-electron chi connectivity index (χ2n) is 6.72. The fraction of sp³-hybridized carbons (Fsp3) is 0.500. The van der Waals surface area contributed by atoms with Crippen LogP contribution in [0.2, 0.25) is 10.0 Å². The highest BCUT2D eigenvalue weighted by atomic mass is 35.5. The van der Waals surface area contributed by atoms with Crippen LogP contribution in [0.3, 0.4) is 0 Å². The summed E-state index contributed by atoms with van der Waals surface area (Å²) in [4.78, 5) is 38.3. The van der Waals surface area contributed by atoms with Crippen molar-refractivity contribution in [3.63, 3.8) is 0 Å². The molecule has 3 atom stereocenters. The maximum atomic E-state index is 12.4. The monoisotopic (exact) mass is 382 g/mol. The highest BCUT2D eigenvalue weighted by Gasteiger charge is 2.48. The quantitative estimate of drug-likeness (QED) is 0.811. The molecule has 1 N–H and O–H groups in total. The standard InChI is InChI=1S/C18H20Cl2N2O3/c1-10(11-6-7-14(19)15(20)8-11)21-16(23)9-22-17(24)12-4-2-3-5-13(12)18(22)25/h6-8,10,12-13H,2-5,9H2,1H3,(H,21,23)/t10-,12-,13+/m0/s1. The van der Waals surface area contributed by atoms with Crippen LogP contribution < -0.4 is 5.32 Å². The first-order chi connectivity index (χ1) is 11.9. The molecule has 1 heterocycles. The number of imide groups is 1. The Kier molecular flexibility index (Phi) is 5.35. The van der Waals surface area contributed by atoms with E-state index in [0.29, 0.717) is 10.0 Å². The van der Waals surface area contributed by atoms with Crippen molar-refractivity contribution in [3.8, 4) is 0 Å². The van der Waals surface area contributed by atoms with E-state index >= 15 is 0 Å². The molecule has 2 fully saturated rings. The van der Waals surface area contributed by atoms with Crippen molar-refractivity contribution in [2.75, 3.05) is 6.54 Å². The Morgan fingerprint density at radius 3 is 2.32 bits per heavy atom. The number of fused-ring (bicyclic) bond motifs is 1. The van der Waals surface area contributed by atoms with Crippen LogP contribution >= 0.6 is 23.2 Å². The fourth-order valence-corrected chi connectivity index (χ4v) is 3.99. The number of nitrogens with zero attached hydrogens (tertiary/aromatic N) is 1. The molecular formula is C18H20Cl2N2O3. The van der Waals surface area contributed by atoms with Gasteiger partial charge >= 0.3 is 0 Å². The SMILES string of the molecule is C[C@H](NC(=O)CN1C(=O)[C@H]2CCCC[C@H]2C1=O)c1ccc(Cl)c(Cl)c1. The Morgan fingerprint density at radius 1 is 1.16 bits per heavy atom. The average Bonchev–Trinajstić information content (AvgIpc) is 2.82. The normalized spacial score (nSPS) is 24.2. The summed E-state index contributed by atoms with van der Waals surface area (Å²) in [6.45, 7) is 1.58. The van der Waals surface area contributed by atoms with Gasteiger partial charge in [-0.2, -0.15) is 0 Å². The third kappa shape index (κ3) is 3.67. The van der Waals surface area contributed by atoms with E-state index in [4.69, 9.17) is 23.2 Å². The molecule has 1 saturated heterocycles. The second kappa shape index (κ2) is 7.34. The molecule has 0 radical (unpaired) electrons. The second-order valence-corrected chi connectivity index (χ2v) is 7.54. The fourth-order valence-electron chi connectivity index (χ4n) is 3.68. The van der Waals surface area contributed by atoms with Crippen molar-refractivity contribution in [2.45, 2.75) is 38.6 Å². The van der Waals surface area contributed by atoms with Crippen LogP contribution in [0.1, 0.15) is 44.2 Å². The van der Waals surface area contributed by atoms with Gasteiger partial charge in [-0.1, -0.05) is 42.1 Å². The van der Waals surface area contributed by atoms with Crippen molar-refractivity contribution in [3.05, 3.63) is 33.8 Å². The lowest BCUT2D eigenvalue weighted by atomic mass is 9.81. The molecule has 1 saturated carbocycles. The smallest absolute Gasteiger partial charge is 0.240 e. The summed E-state index contributed by atoms with van der Waals surface area (Å²) in [5.74, 6) is -1.24. The van der Waals surface area contributed by atoms with Crippen LogP contribution in [0.4, 0.5) is 0 Å². The Morgan fingerprint density at radius 2 is 1.76 bits per heavy atom. The van der Waals surface area contributed by atoms with E-state index in [2.05, 4.69) is 5.32 Å². The molecule has 3 amide bonds. The zero-order chi connectivity index (χ0) is 18.1. The van der Waals surface area contributed by atoms with Crippen molar-refractivity contribution in [2.24, 2.45) is 11.8 Å². The lowest BCUT2D eigenvalue weighted by Crippen LogP contribution is -2.41. The Balaban J connectivity index is 1.63. The molecule has 0 aromatic heterocycles. The molecule has 0 spiro atoms. The predicted octanol–water partition coefficient (Wildman–Crippen LogP) is 3.35. The molecule has 7 heteroatoms. The van der Waals surface area contributed by atoms with Gasteiger partial charge in [-0.05, 0) is 37.5 Å². The van der Waals surface area contributed by atoms with E-state index in [1.165, 1.54) is 0 Å². The van der Waals surface area contributed by atoms with E-state index in [-0.39, 0.29) is 42.1 Å². The first kappa shape index (κ1) is 18.2. The van der Waals surface area contributed by atoms with Gasteiger partial charge in [0.05, 0.1) is 27.9 Å². The molecule has 0 unspecified atom stereocenters. The molecule has 3 rings (SSSR count). The number of benzene rings is 1. The largest absolute Gasteiger partial charge is 0.348 e. The van der Waals surface area contributed by atoms with Gasteiger partial charge < -0.3 is 5.32 Å². The van der Waals surface area contributed by atoms with Crippen LogP contribution in [0.25, 0.3) is 0 Å². The Bertz CT molecular complexity index is 698. The summed E-state index contributed by atoms with van der Waals surface area (Å²) in [5, 5.41) is 3.66. The molecule has 134 valence electrons. The molecule has 1 aliphatic heterocycles. The third-order valence-electron chi connectivity index (χ3n) is 5.06. The molecule has 0 bridgehead atoms. The zero-order valence-corrected chi connectivity index (χ0v) is 15.4. The predicted molar refractivity (Wildman–Crippen MR) is 95.2 cm³/mol. The summed E-state index contributed by atoms with van der Waals surface area (Å²) in [7, 11) is 0. The molecule has 1 aromatic carbocycles. The number of carbonyl (C=O) groups is 3. The van der Waals surface area contributed by atoms with Gasteiger partial charge in [-0.15, -0.1) is 0 Å². The zero-order valence-electron chi connectivity index (χ0n) is 13.9. The van der Waals surface area contributed by atoms with Gasteiger partial charge in [0.15, 0.2) is 0 Å². The van der Waals surface area contributed by atoms with Gasteiger partial charge in [0.1, 0.15) is 6.54 Å². The van der Waals surface area contributed by atoms with Crippen LogP contribution in [0.5, 0.6) is 0 Å². The lowest BCUT2D eigenvalue weighted by Gasteiger charge is -2.19. The molecule has 1 aliphatic carbocycles. The number of rotatable bonds is 4. The number of halogens is 2. The van der Waals surface area contributed by atoms with Gasteiger partial charge in [-0.3, -0.25) is 19.3 Å². The molecular weight excluding hydrogens is 363 g/mol. The maximum Gasteiger partial charge on any atom is 0.240 e. The number of hydrogen-bond donors (Lipinski definition) is 1. The highest BCUT2D eigenvalue weighted by molar-refractivity contribution is 6.42. The van der Waals surface area contributed by atoms with Gasteiger partial charge in [-0.25, -0.2) is 0 Å². The number of carbonyl (C=O) groups excluding carboxylic acids is 3. The summed E-state index contributed by atoms with van der Waals surface area (Å²) in [6, 6.07) is 4.83. The van der Waals surface area contributed by atoms with Crippen LogP contribution in [-0.4, -0.2) is 29.2 Å². The minimum atomic E-state index is -0.362. The third-order valence-corrected chi connectivity index (χ3v) is 5.79. The summed E-state index contributed by atoms with van der Waals surface area (Å²) in [6.07, 6.45) is 3.42. The van der Waals surface area contributed by atoms with Gasteiger partial charge in [0, 0.05) is 0 Å². The number of likely N-dealkylation sites (tertiary alicyclic amines) is 1. The number of nitrogens with one attached hydrogen (secondary N) is 1. The maximum absolute atomic E-state index is 12.4. The molecule has 1 aromatic rings. The first-order valence-electron chi connectivity index (χ1n) is 8.48. The van der Waals surface area contributed by atoms with E-state index in [1.807, 2.05) is 6.92 Å². The Hall–Kier alpha value is -1.59. The van der Waals surface area contributed by atoms with Gasteiger partial charge in [0.2, 0.25) is 17.7 Å². The molecule has 5 nitrogen and oxygen atoms in total. The van der Waals surface area contributed by atoms with Gasteiger partial charge in [0.25, 0.3) is 0 Å². The minimum absolute atomic E-state index is 0.202. The first-order valence-corrected chi connectivity index (χ1v) is 9.23. The average molecular weight is 383 g/mol. The molecule has 25 heavy (non-hydrogen) atoms. The van der Waals surface area contributed by atoms with Crippen molar-refractivity contribution >= 4 is 40.9 Å². The summed E-state index contributed by atoms with van der Waals surface area (Å²) >= 11 is 11.9. The van der Waals surface area contributed by atoms with Crippen molar-refractivity contribution < 1.29 is 14.4 Å². The lowest BCUT2D eigenvalue weighted by molar-refractivity contribution is -0.143. The van der Waals surface area contributed by atoms with Crippen LogP contribution in [0, 0.1) is 11.8 Å². The number of hydrogen-bond acceptors (Lipinski definition) is 3. The van der Waals surface area contributed by atoms with E-state index in [9.17, 15) is 14.4 Å². The van der Waals surface area contributed by atoms with E-state index < -0.39 is 0 Å².